The van der Waals surface area contributed by atoms with Crippen LogP contribution < -0.4 is 9.64 Å². The first kappa shape index (κ1) is 22.3. The minimum atomic E-state index is -0.248. The summed E-state index contributed by atoms with van der Waals surface area (Å²) in [4.78, 5) is 20.1. The van der Waals surface area contributed by atoms with Crippen LogP contribution in [0.15, 0.2) is 48.0 Å². The zero-order valence-corrected chi connectivity index (χ0v) is 19.2. The molecule has 32 heavy (non-hydrogen) atoms. The molecule has 0 bridgehead atoms. The predicted octanol–water partition coefficient (Wildman–Crippen LogP) is 3.83. The fourth-order valence-corrected chi connectivity index (χ4v) is 4.65. The molecule has 170 valence electrons. The molecular formula is C26H32FN3O2. The van der Waals surface area contributed by atoms with E-state index in [4.69, 9.17) is 4.74 Å². The number of anilines is 1. The van der Waals surface area contributed by atoms with Crippen molar-refractivity contribution < 1.29 is 13.9 Å². The molecule has 1 heterocycles. The van der Waals surface area contributed by atoms with Gasteiger partial charge in [0.2, 0.25) is 0 Å². The van der Waals surface area contributed by atoms with Crippen LogP contribution >= 0.6 is 0 Å². The van der Waals surface area contributed by atoms with Crippen LogP contribution in [0.4, 0.5) is 10.1 Å². The SMILES string of the molecule is CCN(CC)CC1=C(C(=O)N2CCN(c3ccc(OC)cc3)CC2)Cc2ccc(F)cc21. The highest BCUT2D eigenvalue weighted by Crippen LogP contribution is 2.35. The number of benzene rings is 2. The topological polar surface area (TPSA) is 36.0 Å². The maximum atomic E-state index is 14.0. The molecular weight excluding hydrogens is 405 g/mol. The summed E-state index contributed by atoms with van der Waals surface area (Å²) in [5.41, 5.74) is 4.91. The first-order valence-corrected chi connectivity index (χ1v) is 11.5. The Morgan fingerprint density at radius 1 is 1.03 bits per heavy atom. The molecule has 0 aromatic heterocycles. The molecule has 6 heteroatoms. The third-order valence-electron chi connectivity index (χ3n) is 6.67. The van der Waals surface area contributed by atoms with E-state index in [1.807, 2.05) is 23.1 Å². The summed E-state index contributed by atoms with van der Waals surface area (Å²) in [5, 5.41) is 0. The third kappa shape index (κ3) is 4.51. The van der Waals surface area contributed by atoms with Crippen molar-refractivity contribution in [3.8, 4) is 5.75 Å². The highest BCUT2D eigenvalue weighted by Gasteiger charge is 2.31. The summed E-state index contributed by atoms with van der Waals surface area (Å²) in [5.74, 6) is 0.688. The number of methoxy groups -OCH3 is 1. The number of piperazine rings is 1. The van der Waals surface area contributed by atoms with Crippen LogP contribution in [0.5, 0.6) is 5.75 Å². The average molecular weight is 438 g/mol. The van der Waals surface area contributed by atoms with Crippen LogP contribution in [0, 0.1) is 5.82 Å². The average Bonchev–Trinajstić information content (AvgIpc) is 3.19. The molecule has 0 spiro atoms. The molecule has 0 saturated carbocycles. The third-order valence-corrected chi connectivity index (χ3v) is 6.67. The highest BCUT2D eigenvalue weighted by atomic mass is 19.1. The number of ether oxygens (including phenoxy) is 1. The monoisotopic (exact) mass is 437 g/mol. The second-order valence-corrected chi connectivity index (χ2v) is 8.37. The van der Waals surface area contributed by atoms with Crippen LogP contribution in [0.25, 0.3) is 5.57 Å². The zero-order chi connectivity index (χ0) is 22.7. The lowest BCUT2D eigenvalue weighted by atomic mass is 10.0. The van der Waals surface area contributed by atoms with Crippen LogP contribution in [-0.4, -0.2) is 68.6 Å². The van der Waals surface area contributed by atoms with Crippen molar-refractivity contribution in [3.05, 3.63) is 65.0 Å². The Labute approximate surface area is 190 Å². The van der Waals surface area contributed by atoms with E-state index in [2.05, 4.69) is 35.8 Å². The Morgan fingerprint density at radius 3 is 2.34 bits per heavy atom. The van der Waals surface area contributed by atoms with Gasteiger partial charge in [-0.05, 0) is 66.2 Å². The summed E-state index contributed by atoms with van der Waals surface area (Å²) >= 11 is 0. The second kappa shape index (κ2) is 9.74. The summed E-state index contributed by atoms with van der Waals surface area (Å²) in [6.07, 6.45) is 0.587. The number of rotatable bonds is 7. The van der Waals surface area contributed by atoms with Gasteiger partial charge in [-0.15, -0.1) is 0 Å². The number of nitrogens with zero attached hydrogens (tertiary/aromatic N) is 3. The lowest BCUT2D eigenvalue weighted by molar-refractivity contribution is -0.127. The van der Waals surface area contributed by atoms with Crippen molar-refractivity contribution in [2.24, 2.45) is 0 Å². The molecule has 1 saturated heterocycles. The maximum absolute atomic E-state index is 14.0. The van der Waals surface area contributed by atoms with Crippen molar-refractivity contribution in [2.45, 2.75) is 20.3 Å². The maximum Gasteiger partial charge on any atom is 0.250 e. The zero-order valence-electron chi connectivity index (χ0n) is 19.2. The van der Waals surface area contributed by atoms with Gasteiger partial charge in [0.25, 0.3) is 5.91 Å². The number of amides is 1. The van der Waals surface area contributed by atoms with E-state index in [1.165, 1.54) is 6.07 Å². The van der Waals surface area contributed by atoms with Crippen LogP contribution in [-0.2, 0) is 11.2 Å². The van der Waals surface area contributed by atoms with E-state index < -0.39 is 0 Å². The molecule has 0 atom stereocenters. The molecule has 2 aliphatic rings. The van der Waals surface area contributed by atoms with Crippen LogP contribution in [0.2, 0.25) is 0 Å². The van der Waals surface area contributed by atoms with Gasteiger partial charge in [0.05, 0.1) is 7.11 Å². The van der Waals surface area contributed by atoms with Crippen molar-refractivity contribution in [3.63, 3.8) is 0 Å². The first-order valence-electron chi connectivity index (χ1n) is 11.5. The number of hydrogen-bond donors (Lipinski definition) is 0. The molecule has 2 aromatic carbocycles. The fraction of sp³-hybridized carbons (Fsp3) is 0.423. The Bertz CT molecular complexity index is 991. The van der Waals surface area contributed by atoms with Gasteiger partial charge < -0.3 is 14.5 Å². The molecule has 5 nitrogen and oxygen atoms in total. The number of fused-ring (bicyclic) bond motifs is 1. The first-order chi connectivity index (χ1) is 15.5. The number of likely N-dealkylation sites (N-methyl/N-ethyl adjacent to an activating group) is 1. The molecule has 0 N–H and O–H groups in total. The molecule has 1 aliphatic carbocycles. The normalized spacial score (nSPS) is 16.0. The minimum Gasteiger partial charge on any atom is -0.497 e. The molecule has 0 radical (unpaired) electrons. The molecule has 1 fully saturated rings. The minimum absolute atomic E-state index is 0.0955. The second-order valence-electron chi connectivity index (χ2n) is 8.37. The smallest absolute Gasteiger partial charge is 0.250 e. The Hall–Kier alpha value is -2.86. The molecule has 2 aromatic rings. The van der Waals surface area contributed by atoms with E-state index in [1.54, 1.807) is 13.2 Å². The van der Waals surface area contributed by atoms with Crippen molar-refractivity contribution in [1.82, 2.24) is 9.80 Å². The van der Waals surface area contributed by atoms with Crippen LogP contribution in [0.1, 0.15) is 25.0 Å². The van der Waals surface area contributed by atoms with E-state index in [0.29, 0.717) is 26.1 Å². The summed E-state index contributed by atoms with van der Waals surface area (Å²) in [6.45, 7) is 9.64. The lowest BCUT2D eigenvalue weighted by Crippen LogP contribution is -2.49. The number of halogens is 1. The molecule has 0 unspecified atom stereocenters. The summed E-state index contributed by atoms with van der Waals surface area (Å²) in [7, 11) is 1.66. The fourth-order valence-electron chi connectivity index (χ4n) is 4.65. The Balaban J connectivity index is 1.51. The lowest BCUT2D eigenvalue weighted by Gasteiger charge is -2.36. The van der Waals surface area contributed by atoms with Gasteiger partial charge in [0, 0.05) is 50.4 Å². The number of hydrogen-bond acceptors (Lipinski definition) is 4. The van der Waals surface area contributed by atoms with Gasteiger partial charge in [0.1, 0.15) is 11.6 Å². The van der Waals surface area contributed by atoms with E-state index in [0.717, 1.165) is 59.9 Å². The van der Waals surface area contributed by atoms with Crippen molar-refractivity contribution in [2.75, 3.05) is 57.8 Å². The van der Waals surface area contributed by atoms with Crippen LogP contribution in [0.3, 0.4) is 0 Å². The highest BCUT2D eigenvalue weighted by molar-refractivity contribution is 6.04. The quantitative estimate of drug-likeness (QED) is 0.660. The predicted molar refractivity (Wildman–Crippen MR) is 127 cm³/mol. The van der Waals surface area contributed by atoms with Gasteiger partial charge >= 0.3 is 0 Å². The number of carbonyl (C=O) groups excluding carboxylic acids is 1. The number of carbonyl (C=O) groups is 1. The molecule has 1 amide bonds. The summed E-state index contributed by atoms with van der Waals surface area (Å²) in [6, 6.07) is 13.0. The van der Waals surface area contributed by atoms with Crippen molar-refractivity contribution >= 4 is 17.2 Å². The Kier molecular flexibility index (Phi) is 6.80. The van der Waals surface area contributed by atoms with Crippen molar-refractivity contribution in [1.29, 1.82) is 0 Å². The Morgan fingerprint density at radius 2 is 1.72 bits per heavy atom. The standard InChI is InChI=1S/C26H32FN3O2/c1-4-28(5-2)18-25-23-17-20(27)7-6-19(23)16-24(25)26(31)30-14-12-29(13-15-30)21-8-10-22(32-3)11-9-21/h6-11,17H,4-5,12-16,18H2,1-3H3. The summed E-state index contributed by atoms with van der Waals surface area (Å²) < 4.78 is 19.3. The van der Waals surface area contributed by atoms with E-state index in [9.17, 15) is 9.18 Å². The largest absolute Gasteiger partial charge is 0.497 e. The van der Waals surface area contributed by atoms with Gasteiger partial charge in [-0.1, -0.05) is 19.9 Å². The van der Waals surface area contributed by atoms with Gasteiger partial charge in [-0.25, -0.2) is 4.39 Å². The van der Waals surface area contributed by atoms with E-state index >= 15 is 0 Å². The molecule has 4 rings (SSSR count). The van der Waals surface area contributed by atoms with Gasteiger partial charge in [-0.3, -0.25) is 9.69 Å². The van der Waals surface area contributed by atoms with Gasteiger partial charge in [0.15, 0.2) is 0 Å². The molecule has 1 aliphatic heterocycles. The van der Waals surface area contributed by atoms with Gasteiger partial charge in [-0.2, -0.15) is 0 Å². The van der Waals surface area contributed by atoms with E-state index in [-0.39, 0.29) is 11.7 Å².